The van der Waals surface area contributed by atoms with E-state index < -0.39 is 17.8 Å². The summed E-state index contributed by atoms with van der Waals surface area (Å²) >= 11 is 11.7. The zero-order valence-electron chi connectivity index (χ0n) is 10.7. The molecular weight excluding hydrogens is 331 g/mol. The third kappa shape index (κ3) is 2.22. The Bertz CT molecular complexity index is 767. The van der Waals surface area contributed by atoms with Crippen molar-refractivity contribution in [2.75, 3.05) is 0 Å². The zero-order valence-corrected chi connectivity index (χ0v) is 12.3. The topological polar surface area (TPSA) is 76.6 Å². The second-order valence-corrected chi connectivity index (χ2v) is 5.12. The van der Waals surface area contributed by atoms with Gasteiger partial charge < -0.3 is 4.84 Å². The summed E-state index contributed by atoms with van der Waals surface area (Å²) in [5, 5.41) is 0.295. The monoisotopic (exact) mass is 336 g/mol. The van der Waals surface area contributed by atoms with E-state index in [4.69, 9.17) is 28.0 Å². The van der Waals surface area contributed by atoms with Gasteiger partial charge in [-0.15, -0.1) is 0 Å². The lowest BCUT2D eigenvalue weighted by molar-refractivity contribution is -0.0584. The average molecular weight is 337 g/mol. The highest BCUT2D eigenvalue weighted by Crippen LogP contribution is 2.27. The number of fused-ring (bicyclic) bond motifs is 1. The lowest BCUT2D eigenvalue weighted by atomic mass is 10.1. The van der Waals surface area contributed by atoms with Crippen molar-refractivity contribution in [2.24, 2.45) is 0 Å². The zero-order chi connectivity index (χ0) is 15.9. The summed E-state index contributed by atoms with van der Waals surface area (Å²) < 4.78 is 0. The van der Waals surface area contributed by atoms with Crippen molar-refractivity contribution >= 4 is 41.0 Å². The van der Waals surface area contributed by atoms with Gasteiger partial charge in [-0.1, -0.05) is 40.4 Å². The van der Waals surface area contributed by atoms with E-state index in [2.05, 4.69) is 4.98 Å². The maximum Gasteiger partial charge on any atom is 0.367 e. The Hall–Kier alpha value is -2.44. The molecule has 1 aromatic heterocycles. The molecule has 0 saturated carbocycles. The summed E-state index contributed by atoms with van der Waals surface area (Å²) in [6, 6.07) is 6.14. The Morgan fingerprint density at radius 2 is 1.50 bits per heavy atom. The molecule has 2 heterocycles. The number of imide groups is 1. The predicted molar refractivity (Wildman–Crippen MR) is 76.6 cm³/mol. The summed E-state index contributed by atoms with van der Waals surface area (Å²) in [4.78, 5) is 44.9. The van der Waals surface area contributed by atoms with Gasteiger partial charge in [-0.3, -0.25) is 14.6 Å². The fraction of sp³-hybridized carbons (Fsp3) is 0. The Morgan fingerprint density at radius 3 is 2.00 bits per heavy atom. The lowest BCUT2D eigenvalue weighted by Crippen LogP contribution is -2.32. The van der Waals surface area contributed by atoms with E-state index in [1.54, 1.807) is 12.1 Å². The minimum Gasteiger partial charge on any atom is -0.324 e. The first-order chi connectivity index (χ1) is 10.5. The summed E-state index contributed by atoms with van der Waals surface area (Å²) in [6.07, 6.45) is 2.40. The van der Waals surface area contributed by atoms with E-state index in [1.165, 1.54) is 24.5 Å². The third-order valence-electron chi connectivity index (χ3n) is 2.99. The molecule has 0 atom stereocenters. The number of carbonyl (C=O) groups excluding carboxylic acids is 3. The smallest absolute Gasteiger partial charge is 0.324 e. The van der Waals surface area contributed by atoms with Crippen LogP contribution in [0.15, 0.2) is 36.7 Å². The molecule has 0 unspecified atom stereocenters. The molecule has 2 amide bonds. The number of benzene rings is 1. The molecule has 0 bridgehead atoms. The number of nitrogens with zero attached hydrogens (tertiary/aromatic N) is 2. The van der Waals surface area contributed by atoms with Crippen molar-refractivity contribution < 1.29 is 19.2 Å². The molecule has 3 rings (SSSR count). The molecule has 8 heteroatoms. The van der Waals surface area contributed by atoms with Crippen molar-refractivity contribution in [2.45, 2.75) is 0 Å². The van der Waals surface area contributed by atoms with Crippen LogP contribution < -0.4 is 0 Å². The van der Waals surface area contributed by atoms with Gasteiger partial charge in [0, 0.05) is 12.4 Å². The van der Waals surface area contributed by atoms with Gasteiger partial charge >= 0.3 is 5.97 Å². The highest BCUT2D eigenvalue weighted by Gasteiger charge is 2.39. The number of hydroxylamine groups is 2. The van der Waals surface area contributed by atoms with Crippen molar-refractivity contribution in [1.82, 2.24) is 10.0 Å². The second-order valence-electron chi connectivity index (χ2n) is 4.31. The van der Waals surface area contributed by atoms with E-state index in [9.17, 15) is 14.4 Å². The van der Waals surface area contributed by atoms with Gasteiger partial charge in [0.2, 0.25) is 0 Å². The quantitative estimate of drug-likeness (QED) is 0.788. The van der Waals surface area contributed by atoms with E-state index >= 15 is 0 Å². The largest absolute Gasteiger partial charge is 0.367 e. The maximum absolute atomic E-state index is 12.1. The highest BCUT2D eigenvalue weighted by atomic mass is 35.5. The molecule has 22 heavy (non-hydrogen) atoms. The van der Waals surface area contributed by atoms with Crippen LogP contribution >= 0.6 is 23.2 Å². The van der Waals surface area contributed by atoms with Gasteiger partial charge in [0.15, 0.2) is 0 Å². The molecular formula is C14H6Cl2N2O4. The summed E-state index contributed by atoms with van der Waals surface area (Å²) in [5.41, 5.74) is 0.148. The van der Waals surface area contributed by atoms with E-state index in [1.807, 2.05) is 0 Å². The summed E-state index contributed by atoms with van der Waals surface area (Å²) in [6.45, 7) is 0. The van der Waals surface area contributed by atoms with Crippen molar-refractivity contribution in [1.29, 1.82) is 0 Å². The van der Waals surface area contributed by atoms with Crippen molar-refractivity contribution in [3.05, 3.63) is 63.4 Å². The maximum atomic E-state index is 12.1. The standard InChI is InChI=1S/C14H6Cl2N2O4/c15-9-5-17-6-10(16)11(9)14(21)22-18-12(19)7-3-1-2-4-8(7)13(18)20/h1-6H. The van der Waals surface area contributed by atoms with Gasteiger partial charge in [-0.25, -0.2) is 4.79 Å². The minimum atomic E-state index is -1.02. The van der Waals surface area contributed by atoms with Crippen LogP contribution in [0.3, 0.4) is 0 Å². The number of amides is 2. The first kappa shape index (κ1) is 14.5. The molecule has 1 aliphatic rings. The molecule has 1 aliphatic heterocycles. The van der Waals surface area contributed by atoms with Crippen LogP contribution in [0.25, 0.3) is 0 Å². The fourth-order valence-corrected chi connectivity index (χ4v) is 2.50. The molecule has 0 fully saturated rings. The number of rotatable bonds is 2. The van der Waals surface area contributed by atoms with Crippen molar-refractivity contribution in [3.8, 4) is 0 Å². The van der Waals surface area contributed by atoms with E-state index in [0.717, 1.165) is 0 Å². The Morgan fingerprint density at radius 1 is 1.00 bits per heavy atom. The van der Waals surface area contributed by atoms with Gasteiger partial charge in [0.1, 0.15) is 5.56 Å². The second kappa shape index (κ2) is 5.40. The first-order valence-electron chi connectivity index (χ1n) is 6.00. The van der Waals surface area contributed by atoms with Crippen LogP contribution in [-0.4, -0.2) is 27.8 Å². The van der Waals surface area contributed by atoms with E-state index in [-0.39, 0.29) is 26.7 Å². The van der Waals surface area contributed by atoms with Gasteiger partial charge in [-0.2, -0.15) is 0 Å². The third-order valence-corrected chi connectivity index (χ3v) is 3.56. The van der Waals surface area contributed by atoms with Crippen LogP contribution in [-0.2, 0) is 4.84 Å². The van der Waals surface area contributed by atoms with Crippen LogP contribution in [0.1, 0.15) is 31.1 Å². The van der Waals surface area contributed by atoms with Gasteiger partial charge in [0.05, 0.1) is 21.2 Å². The number of halogens is 2. The number of pyridine rings is 1. The van der Waals surface area contributed by atoms with Crippen LogP contribution in [0.2, 0.25) is 10.0 Å². The van der Waals surface area contributed by atoms with Gasteiger partial charge in [-0.05, 0) is 12.1 Å². The molecule has 6 nitrogen and oxygen atoms in total. The highest BCUT2D eigenvalue weighted by molar-refractivity contribution is 6.39. The number of carbonyl (C=O) groups is 3. The minimum absolute atomic E-state index is 0.0471. The molecule has 0 N–H and O–H groups in total. The normalized spacial score (nSPS) is 13.3. The summed E-state index contributed by atoms with van der Waals surface area (Å²) in [5.74, 6) is -2.47. The SMILES string of the molecule is O=C(ON1C(=O)c2ccccc2C1=O)c1c(Cl)cncc1Cl. The van der Waals surface area contributed by atoms with Crippen LogP contribution in [0.4, 0.5) is 0 Å². The van der Waals surface area contributed by atoms with E-state index in [0.29, 0.717) is 5.06 Å². The number of aromatic nitrogens is 1. The van der Waals surface area contributed by atoms with Crippen molar-refractivity contribution in [3.63, 3.8) is 0 Å². The van der Waals surface area contributed by atoms with Crippen LogP contribution in [0.5, 0.6) is 0 Å². The molecule has 0 spiro atoms. The molecule has 110 valence electrons. The Balaban J connectivity index is 1.91. The summed E-state index contributed by atoms with van der Waals surface area (Å²) in [7, 11) is 0. The lowest BCUT2D eigenvalue weighted by Gasteiger charge is -2.13. The predicted octanol–water partition coefficient (Wildman–Crippen LogP) is 2.76. The Labute approximate surface area is 134 Å². The fourth-order valence-electron chi connectivity index (χ4n) is 1.98. The molecule has 0 saturated heterocycles. The first-order valence-corrected chi connectivity index (χ1v) is 6.75. The molecule has 0 aliphatic carbocycles. The molecule has 0 radical (unpaired) electrons. The number of hydrogen-bond acceptors (Lipinski definition) is 5. The average Bonchev–Trinajstić information content (AvgIpc) is 2.73. The number of hydrogen-bond donors (Lipinski definition) is 0. The molecule has 1 aromatic carbocycles. The Kier molecular flexibility index (Phi) is 3.56. The molecule has 2 aromatic rings. The van der Waals surface area contributed by atoms with Crippen LogP contribution in [0, 0.1) is 0 Å². The van der Waals surface area contributed by atoms with Gasteiger partial charge in [0.25, 0.3) is 11.8 Å².